The molecule has 1 saturated carbocycles. The Balaban J connectivity index is 1.58. The highest BCUT2D eigenvalue weighted by Gasteiger charge is 2.50. The number of carbonyl (C=O) groups is 1. The summed E-state index contributed by atoms with van der Waals surface area (Å²) in [5.41, 5.74) is -1.48. The molecule has 2 unspecified atom stereocenters. The molecule has 5 rings (SSSR count). The zero-order valence-corrected chi connectivity index (χ0v) is 21.3. The number of aromatic nitrogens is 3. The first kappa shape index (κ1) is 25.3. The molecule has 1 aromatic carbocycles. The van der Waals surface area contributed by atoms with Gasteiger partial charge in [-0.25, -0.2) is 8.78 Å². The molecule has 3 aromatic rings. The molecule has 1 spiro atoms. The number of benzene rings is 1. The van der Waals surface area contributed by atoms with Crippen LogP contribution in [0.15, 0.2) is 29.2 Å². The second kappa shape index (κ2) is 9.49. The molecule has 3 heterocycles. The van der Waals surface area contributed by atoms with Crippen molar-refractivity contribution in [2.45, 2.75) is 57.2 Å². The number of carbonyl (C=O) groups excluding carboxylic acids is 1. The minimum absolute atomic E-state index is 0.0403. The molecular weight excluding hydrogens is 504 g/mol. The summed E-state index contributed by atoms with van der Waals surface area (Å²) >= 11 is 1.04. The van der Waals surface area contributed by atoms with E-state index >= 15 is 0 Å². The maximum absolute atomic E-state index is 14.1. The van der Waals surface area contributed by atoms with Crippen molar-refractivity contribution in [2.75, 3.05) is 18.6 Å². The number of hydrogen-bond acceptors (Lipinski definition) is 8. The summed E-state index contributed by atoms with van der Waals surface area (Å²) in [5, 5.41) is 32.1. The van der Waals surface area contributed by atoms with Crippen molar-refractivity contribution < 1.29 is 23.8 Å². The molecule has 1 fully saturated rings. The molecule has 37 heavy (non-hydrogen) atoms. The van der Waals surface area contributed by atoms with Crippen LogP contribution in [0.25, 0.3) is 10.6 Å². The number of rotatable bonds is 4. The summed E-state index contributed by atoms with van der Waals surface area (Å²) in [6.45, 7) is 2.17. The average Bonchev–Trinajstić information content (AvgIpc) is 3.23. The van der Waals surface area contributed by atoms with Crippen LogP contribution in [-0.4, -0.2) is 61.3 Å². The quantitative estimate of drug-likeness (QED) is 0.532. The highest BCUT2D eigenvalue weighted by Crippen LogP contribution is 2.40. The number of aromatic hydroxyl groups is 1. The van der Waals surface area contributed by atoms with Gasteiger partial charge in [0.1, 0.15) is 22.3 Å². The zero-order chi connectivity index (χ0) is 26.5. The van der Waals surface area contributed by atoms with Crippen molar-refractivity contribution in [2.24, 2.45) is 0 Å². The number of pyridine rings is 1. The van der Waals surface area contributed by atoms with Crippen molar-refractivity contribution in [1.82, 2.24) is 19.8 Å². The van der Waals surface area contributed by atoms with Crippen molar-refractivity contribution in [3.05, 3.63) is 62.5 Å². The third-order valence-electron chi connectivity index (χ3n) is 7.34. The molecule has 2 atom stereocenters. The average molecular weight is 532 g/mol. The number of aliphatic hydroxyl groups excluding tert-OH is 1. The predicted octanol–water partition coefficient (Wildman–Crippen LogP) is 3.01. The van der Waals surface area contributed by atoms with E-state index in [1.807, 2.05) is 6.92 Å². The first-order chi connectivity index (χ1) is 17.7. The Hall–Kier alpha value is -3.38. The Labute approximate surface area is 215 Å². The third kappa shape index (κ3) is 4.17. The fraction of sp³-hybridized carbons (Fsp3) is 0.440. The Bertz CT molecular complexity index is 1430. The Morgan fingerprint density at radius 3 is 2.73 bits per heavy atom. The molecule has 2 aromatic heterocycles. The van der Waals surface area contributed by atoms with E-state index in [0.29, 0.717) is 30.8 Å². The van der Waals surface area contributed by atoms with Gasteiger partial charge in [0.25, 0.3) is 5.91 Å². The Kier molecular flexibility index (Phi) is 6.48. The van der Waals surface area contributed by atoms with Crippen LogP contribution in [0, 0.1) is 11.6 Å². The van der Waals surface area contributed by atoms with Crippen LogP contribution in [0.5, 0.6) is 5.75 Å². The maximum atomic E-state index is 14.1. The van der Waals surface area contributed by atoms with Gasteiger partial charge in [-0.1, -0.05) is 23.8 Å². The Morgan fingerprint density at radius 2 is 2.00 bits per heavy atom. The van der Waals surface area contributed by atoms with Crippen LogP contribution in [-0.2, 0) is 6.42 Å². The number of aliphatic hydroxyl groups is 1. The zero-order valence-electron chi connectivity index (χ0n) is 20.4. The number of fused-ring (bicyclic) bond motifs is 1. The minimum Gasteiger partial charge on any atom is -0.502 e. The lowest BCUT2D eigenvalue weighted by Crippen LogP contribution is -2.69. The molecule has 2 aliphatic rings. The van der Waals surface area contributed by atoms with E-state index in [2.05, 4.69) is 10.2 Å². The van der Waals surface area contributed by atoms with Crippen molar-refractivity contribution in [3.63, 3.8) is 0 Å². The first-order valence-corrected chi connectivity index (χ1v) is 13.0. The number of halogens is 2. The molecule has 0 saturated heterocycles. The van der Waals surface area contributed by atoms with E-state index in [-0.39, 0.29) is 28.2 Å². The molecule has 9 nitrogen and oxygen atoms in total. The van der Waals surface area contributed by atoms with Gasteiger partial charge in [-0.15, -0.1) is 10.2 Å². The molecule has 196 valence electrons. The van der Waals surface area contributed by atoms with Gasteiger partial charge in [-0.2, -0.15) is 0 Å². The van der Waals surface area contributed by atoms with Gasteiger partial charge in [0.05, 0.1) is 11.7 Å². The second-order valence-corrected chi connectivity index (χ2v) is 10.5. The van der Waals surface area contributed by atoms with Gasteiger partial charge in [0, 0.05) is 38.7 Å². The topological polar surface area (TPSA) is 112 Å². The van der Waals surface area contributed by atoms with Crippen LogP contribution >= 0.6 is 11.3 Å². The molecule has 12 heteroatoms. The molecule has 0 bridgehead atoms. The lowest BCUT2D eigenvalue weighted by Gasteiger charge is -2.54. The lowest BCUT2D eigenvalue weighted by molar-refractivity contribution is 0.00654. The van der Waals surface area contributed by atoms with Gasteiger partial charge >= 0.3 is 0 Å². The highest BCUT2D eigenvalue weighted by molar-refractivity contribution is 7.14. The lowest BCUT2D eigenvalue weighted by atomic mass is 9.94. The van der Waals surface area contributed by atoms with Gasteiger partial charge in [0.15, 0.2) is 16.5 Å². The van der Waals surface area contributed by atoms with Crippen molar-refractivity contribution in [3.8, 4) is 16.3 Å². The van der Waals surface area contributed by atoms with E-state index in [1.54, 1.807) is 17.0 Å². The summed E-state index contributed by atoms with van der Waals surface area (Å²) in [6.07, 6.45) is 4.13. The fourth-order valence-corrected chi connectivity index (χ4v) is 6.35. The monoisotopic (exact) mass is 531 g/mol. The molecule has 2 N–H and O–H groups in total. The Morgan fingerprint density at radius 1 is 1.22 bits per heavy atom. The normalized spacial score (nSPS) is 21.9. The highest BCUT2D eigenvalue weighted by atomic mass is 32.1. The van der Waals surface area contributed by atoms with E-state index < -0.39 is 40.5 Å². The van der Waals surface area contributed by atoms with Gasteiger partial charge in [-0.3, -0.25) is 19.3 Å². The van der Waals surface area contributed by atoms with E-state index in [0.717, 1.165) is 36.3 Å². The SMILES string of the molecule is CCN1C(=O)c2c(O)c(=O)c(-c3nnc(Cc4ccc(F)cc4F)s3)cn2N(C)C12CCCCC(O)C2. The van der Waals surface area contributed by atoms with Crippen LogP contribution in [0.3, 0.4) is 0 Å². The standard InChI is InChI=1S/C25H27F2N5O4S/c1-3-31-24(36)20-22(35)21(34)17(13-32(20)30(2)25(31)9-5-4-6-16(33)12-25)23-29-28-19(37-23)10-14-7-8-15(26)11-18(14)27/h7-8,11,13,16,33,35H,3-6,9-10,12H2,1-2H3. The molecule has 1 aliphatic heterocycles. The second-order valence-electron chi connectivity index (χ2n) is 9.49. The smallest absolute Gasteiger partial charge is 0.278 e. The molecule has 1 amide bonds. The van der Waals surface area contributed by atoms with E-state index in [1.165, 1.54) is 16.9 Å². The molecule has 0 radical (unpaired) electrons. The molecular formula is C25H27F2N5O4S. The first-order valence-electron chi connectivity index (χ1n) is 12.2. The van der Waals surface area contributed by atoms with Crippen LogP contribution in [0.2, 0.25) is 0 Å². The van der Waals surface area contributed by atoms with Crippen molar-refractivity contribution >= 4 is 17.2 Å². The largest absolute Gasteiger partial charge is 0.502 e. The van der Waals surface area contributed by atoms with Gasteiger partial charge < -0.3 is 15.1 Å². The summed E-state index contributed by atoms with van der Waals surface area (Å²) in [4.78, 5) is 28.4. The van der Waals surface area contributed by atoms with Crippen LogP contribution in [0.1, 0.15) is 60.1 Å². The summed E-state index contributed by atoms with van der Waals surface area (Å²) < 4.78 is 28.8. The summed E-state index contributed by atoms with van der Waals surface area (Å²) in [6, 6.07) is 3.27. The minimum atomic E-state index is -0.833. The maximum Gasteiger partial charge on any atom is 0.278 e. The summed E-state index contributed by atoms with van der Waals surface area (Å²) in [5.74, 6) is -2.57. The van der Waals surface area contributed by atoms with Crippen molar-refractivity contribution in [1.29, 1.82) is 0 Å². The van der Waals surface area contributed by atoms with Crippen LogP contribution < -0.4 is 10.4 Å². The number of amides is 1. The fourth-order valence-electron chi connectivity index (χ4n) is 5.48. The van der Waals surface area contributed by atoms with E-state index in [9.17, 15) is 28.6 Å². The van der Waals surface area contributed by atoms with Gasteiger partial charge in [0.2, 0.25) is 5.43 Å². The number of hydrogen-bond donors (Lipinski definition) is 2. The van der Waals surface area contributed by atoms with Crippen LogP contribution in [0.4, 0.5) is 8.78 Å². The predicted molar refractivity (Wildman–Crippen MR) is 133 cm³/mol. The molecule has 1 aliphatic carbocycles. The summed E-state index contributed by atoms with van der Waals surface area (Å²) in [7, 11) is 1.77. The van der Waals surface area contributed by atoms with E-state index in [4.69, 9.17) is 0 Å². The van der Waals surface area contributed by atoms with Gasteiger partial charge in [-0.05, 0) is 37.8 Å². The number of nitrogens with zero attached hydrogens (tertiary/aromatic N) is 5. The third-order valence-corrected chi connectivity index (χ3v) is 8.29.